The summed E-state index contributed by atoms with van der Waals surface area (Å²) in [5.41, 5.74) is -27.6. The van der Waals surface area contributed by atoms with Gasteiger partial charge < -0.3 is 0 Å². The van der Waals surface area contributed by atoms with E-state index in [1.54, 1.807) is 6.20 Å². The van der Waals surface area contributed by atoms with E-state index in [1.165, 1.54) is 5.39 Å². The number of alkyl halides is 24. The number of aromatic nitrogens is 2. The Hall–Kier alpha value is -8.07. The van der Waals surface area contributed by atoms with E-state index in [-0.39, 0.29) is 5.78 Å². The van der Waals surface area contributed by atoms with Crippen molar-refractivity contribution in [3.8, 4) is 11.3 Å². The molecule has 0 spiro atoms. The first kappa shape index (κ1) is 61.6. The van der Waals surface area contributed by atoms with Gasteiger partial charge in [-0.25, -0.2) is 4.98 Å². The van der Waals surface area contributed by atoms with Gasteiger partial charge >= 0.3 is 49.4 Å². The quantitative estimate of drug-likeness (QED) is 0.0658. The Morgan fingerprint density at radius 2 is 0.683 bits per heavy atom. The van der Waals surface area contributed by atoms with Crippen molar-refractivity contribution in [2.75, 3.05) is 0 Å². The van der Waals surface area contributed by atoms with Gasteiger partial charge in [-0.2, -0.15) is 132 Å². The highest BCUT2D eigenvalue weighted by Gasteiger charge is 2.47. The van der Waals surface area contributed by atoms with Crippen molar-refractivity contribution >= 4 is 44.6 Å². The molecule has 28 heteroatoms. The Balaban J connectivity index is 0.000000318. The van der Waals surface area contributed by atoms with Gasteiger partial charge in [0.1, 0.15) is 11.8 Å². The van der Waals surface area contributed by atoms with Gasteiger partial charge in [0, 0.05) is 11.1 Å². The van der Waals surface area contributed by atoms with Crippen LogP contribution < -0.4 is 26.4 Å². The van der Waals surface area contributed by atoms with E-state index in [2.05, 4.69) is 29.2 Å². The number of rotatable bonds is 8. The van der Waals surface area contributed by atoms with Crippen molar-refractivity contribution in [2.24, 2.45) is 0 Å². The van der Waals surface area contributed by atoms with E-state index in [9.17, 15) is 110 Å². The lowest BCUT2D eigenvalue weighted by Crippen LogP contribution is -2.75. The zero-order valence-electron chi connectivity index (χ0n) is 40.2. The number of fused-ring (bicyclic) bond motifs is 1. The summed E-state index contributed by atoms with van der Waals surface area (Å²) in [6.45, 7) is 0.296. The maximum atomic E-state index is 14.2. The Morgan fingerprint density at radius 1 is 0.378 bits per heavy atom. The molecule has 0 N–H and O–H groups in total. The lowest BCUT2D eigenvalue weighted by molar-refractivity contribution is -0.683. The molecule has 0 aliphatic carbocycles. The van der Waals surface area contributed by atoms with Crippen LogP contribution in [0, 0.1) is 0 Å². The highest BCUT2D eigenvalue weighted by molar-refractivity contribution is 7.20. The third-order valence-electron chi connectivity index (χ3n) is 12.7. The zero-order chi connectivity index (χ0) is 61.0. The number of Topliss-reactive ketones (excluding diaryl/α,β-unsaturated/α-hetero) is 1. The molecule has 7 aromatic carbocycles. The molecule has 432 valence electrons. The van der Waals surface area contributed by atoms with E-state index in [0.717, 1.165) is 22.2 Å². The van der Waals surface area contributed by atoms with Gasteiger partial charge in [-0.15, -0.1) is 0 Å². The summed E-state index contributed by atoms with van der Waals surface area (Å²) in [7, 11) is 0. The molecule has 0 amide bonds. The van der Waals surface area contributed by atoms with Gasteiger partial charge in [-0.05, 0) is 35.0 Å². The second-order valence-corrected chi connectivity index (χ2v) is 18.2. The van der Waals surface area contributed by atoms with Crippen LogP contribution in [0.5, 0.6) is 0 Å². The Labute approximate surface area is 445 Å². The van der Waals surface area contributed by atoms with Crippen molar-refractivity contribution < 1.29 is 115 Å². The molecule has 3 nitrogen and oxygen atoms in total. The highest BCUT2D eigenvalue weighted by Crippen LogP contribution is 2.42. The van der Waals surface area contributed by atoms with E-state index >= 15 is 0 Å². The van der Waals surface area contributed by atoms with Crippen LogP contribution in [0.4, 0.5) is 105 Å². The maximum Gasteiger partial charge on any atom is 0.416 e. The number of nitrogens with zero attached hydrogens (tertiary/aromatic N) is 2. The SMILES string of the molecule is FC(F)(F)c1cc([B-](c2cc(C(F)(F)F)cc(C(F)(F)F)c2)(c2cc(C(F)(F)F)cc(C(F)(F)F)c2)c2cc(C(F)(F)F)cc(C(F)(F)F)c2)cc(C(F)(F)F)c1.O=C(C[n+]1ccnc(-c2cccc3ccccc23)c1)c1ccccc1. The zero-order valence-corrected chi connectivity index (χ0v) is 40.2. The van der Waals surface area contributed by atoms with Gasteiger partial charge in [0.15, 0.2) is 12.4 Å². The Bertz CT molecular complexity index is 3200. The molecule has 0 atom stereocenters. The van der Waals surface area contributed by atoms with Crippen LogP contribution in [-0.2, 0) is 56.0 Å². The number of benzene rings is 7. The molecule has 0 saturated carbocycles. The number of hydrogen-bond donors (Lipinski definition) is 0. The first-order chi connectivity index (χ1) is 37.6. The molecule has 0 bridgehead atoms. The summed E-state index contributed by atoms with van der Waals surface area (Å²) in [5, 5.41) is 2.34. The number of carbonyl (C=O) groups is 1. The van der Waals surface area contributed by atoms with Gasteiger partial charge in [-0.3, -0.25) is 4.79 Å². The van der Waals surface area contributed by atoms with E-state index in [1.807, 2.05) is 65.5 Å². The highest BCUT2D eigenvalue weighted by atomic mass is 19.4. The second kappa shape index (κ2) is 21.7. The van der Waals surface area contributed by atoms with Crippen LogP contribution in [0.15, 0.2) is 164 Å². The molecular formula is C54H29BF24N2O. The number of halogens is 24. The largest absolute Gasteiger partial charge is 0.416 e. The van der Waals surface area contributed by atoms with E-state index in [4.69, 9.17) is 0 Å². The van der Waals surface area contributed by atoms with Gasteiger partial charge in [-0.1, -0.05) is 121 Å². The first-order valence-electron chi connectivity index (χ1n) is 22.8. The molecule has 0 aliphatic heterocycles. The minimum Gasteiger partial charge on any atom is -0.287 e. The summed E-state index contributed by atoms with van der Waals surface area (Å²) < 4.78 is 343. The molecule has 0 aliphatic rings. The topological polar surface area (TPSA) is 33.8 Å². The lowest BCUT2D eigenvalue weighted by Gasteiger charge is -2.46. The van der Waals surface area contributed by atoms with Gasteiger partial charge in [0.25, 0.3) is 0 Å². The standard InChI is InChI=1S/C32H12BF24.C22H17N2O/c34-25(35,36)13-1-14(26(37,38)39)6-21(5-13)33(22-7-15(27(40,41)42)2-16(8-22)28(43,44)45,23-9-17(29(46,47)48)3-18(10-23)30(49,50)51)24-11-19(31(52,53)54)4-20(12-24)32(55,56)57;25-22(18-8-2-1-3-9-18)16-24-14-13-23-21(15-24)20-12-6-10-17-7-4-5-11-19(17)20/h1-12H;1-15H,16H2/q-1;+1. The molecule has 82 heavy (non-hydrogen) atoms. The summed E-state index contributed by atoms with van der Waals surface area (Å²) in [5.74, 6) is 0.0840. The molecule has 0 radical (unpaired) electrons. The van der Waals surface area contributed by atoms with Gasteiger partial charge in [0.05, 0.1) is 50.7 Å². The smallest absolute Gasteiger partial charge is 0.287 e. The van der Waals surface area contributed by atoms with E-state index < -0.39 is 195 Å². The van der Waals surface area contributed by atoms with E-state index in [0.29, 0.717) is 6.54 Å². The third-order valence-corrected chi connectivity index (χ3v) is 12.7. The molecule has 1 aromatic heterocycles. The molecule has 0 saturated heterocycles. The summed E-state index contributed by atoms with van der Waals surface area (Å²) in [6, 6.07) is 15.0. The molecule has 8 aromatic rings. The predicted octanol–water partition coefficient (Wildman–Crippen LogP) is 15.3. The second-order valence-electron chi connectivity index (χ2n) is 18.2. The first-order valence-corrected chi connectivity index (χ1v) is 22.8. The van der Waals surface area contributed by atoms with Gasteiger partial charge in [0.2, 0.25) is 12.3 Å². The predicted molar refractivity (Wildman–Crippen MR) is 248 cm³/mol. The third kappa shape index (κ3) is 13.6. The van der Waals surface area contributed by atoms with Crippen LogP contribution in [-0.4, -0.2) is 16.9 Å². The van der Waals surface area contributed by atoms with Crippen LogP contribution in [0.2, 0.25) is 0 Å². The normalized spacial score (nSPS) is 13.2. The average molecular weight is 1190 g/mol. The minimum absolute atomic E-state index is 0.0840. The van der Waals surface area contributed by atoms with Crippen LogP contribution >= 0.6 is 0 Å². The van der Waals surface area contributed by atoms with Crippen molar-refractivity contribution in [3.05, 3.63) is 214 Å². The molecule has 8 rings (SSSR count). The summed E-state index contributed by atoms with van der Waals surface area (Å²) >= 11 is 0. The Kier molecular flexibility index (Phi) is 16.3. The van der Waals surface area contributed by atoms with Crippen molar-refractivity contribution in [2.45, 2.75) is 56.0 Å². The monoisotopic (exact) mass is 1190 g/mol. The number of carbonyl (C=O) groups excluding carboxylic acids is 1. The maximum absolute atomic E-state index is 14.2. The lowest BCUT2D eigenvalue weighted by atomic mass is 9.12. The fourth-order valence-corrected chi connectivity index (χ4v) is 9.07. The number of hydrogen-bond acceptors (Lipinski definition) is 2. The van der Waals surface area contributed by atoms with Crippen LogP contribution in [0.25, 0.3) is 22.0 Å². The fraction of sp³-hybridized carbons (Fsp3) is 0.167. The average Bonchev–Trinajstić information content (AvgIpc) is 1.18. The van der Waals surface area contributed by atoms with Crippen molar-refractivity contribution in [1.82, 2.24) is 4.98 Å². The summed E-state index contributed by atoms with van der Waals surface area (Å²) in [4.78, 5) is 16.9. The number of ketones is 1. The summed E-state index contributed by atoms with van der Waals surface area (Å²) in [6.07, 6.45) is -49.3. The molecular weight excluding hydrogens is 1160 g/mol. The fourth-order valence-electron chi connectivity index (χ4n) is 9.07. The minimum atomic E-state index is -6.13. The molecule has 1 heterocycles. The molecule has 0 fully saturated rings. The Morgan fingerprint density at radius 3 is 1.01 bits per heavy atom. The van der Waals surface area contributed by atoms with Crippen molar-refractivity contribution in [1.29, 1.82) is 0 Å². The van der Waals surface area contributed by atoms with Crippen LogP contribution in [0.1, 0.15) is 54.9 Å². The molecule has 0 unspecified atom stereocenters. The van der Waals surface area contributed by atoms with Crippen LogP contribution in [0.3, 0.4) is 0 Å². The van der Waals surface area contributed by atoms with Crippen molar-refractivity contribution in [3.63, 3.8) is 0 Å².